The Kier molecular flexibility index (Phi) is 10.4. The SMILES string of the molecule is C=CCN(C(C)C(=O)OCC)S(=O)(=O)N(CC=C)C(C(=O)OC)C(C)C. The molecule has 2 atom stereocenters. The van der Waals surface area contributed by atoms with Gasteiger partial charge >= 0.3 is 11.9 Å². The molecule has 0 aromatic carbocycles. The molecule has 0 rings (SSSR count). The van der Waals surface area contributed by atoms with Gasteiger partial charge in [-0.25, -0.2) is 0 Å². The fourth-order valence-corrected chi connectivity index (χ4v) is 4.38. The molecule has 0 aliphatic carbocycles. The van der Waals surface area contributed by atoms with Gasteiger partial charge in [0.25, 0.3) is 10.2 Å². The fraction of sp³-hybridized carbons (Fsp3) is 0.647. The van der Waals surface area contributed by atoms with E-state index in [2.05, 4.69) is 13.2 Å². The van der Waals surface area contributed by atoms with Gasteiger partial charge in [-0.2, -0.15) is 17.0 Å². The average Bonchev–Trinajstić information content (AvgIpc) is 2.58. The fourth-order valence-electron chi connectivity index (χ4n) is 2.42. The van der Waals surface area contributed by atoms with E-state index in [0.29, 0.717) is 0 Å². The van der Waals surface area contributed by atoms with Crippen molar-refractivity contribution in [3.63, 3.8) is 0 Å². The molecule has 0 N–H and O–H groups in total. The lowest BCUT2D eigenvalue weighted by atomic mass is 10.0. The lowest BCUT2D eigenvalue weighted by molar-refractivity contribution is -0.147. The number of hydrogen-bond acceptors (Lipinski definition) is 6. The van der Waals surface area contributed by atoms with Crippen LogP contribution in [0.2, 0.25) is 0 Å². The molecule has 0 fully saturated rings. The van der Waals surface area contributed by atoms with Crippen LogP contribution in [0, 0.1) is 5.92 Å². The van der Waals surface area contributed by atoms with Crippen molar-refractivity contribution in [1.82, 2.24) is 8.61 Å². The third-order valence-corrected chi connectivity index (χ3v) is 5.68. The van der Waals surface area contributed by atoms with Crippen LogP contribution in [0.15, 0.2) is 25.3 Å². The second-order valence-electron chi connectivity index (χ2n) is 5.86. The van der Waals surface area contributed by atoms with Crippen molar-refractivity contribution in [2.24, 2.45) is 5.92 Å². The van der Waals surface area contributed by atoms with Crippen LogP contribution in [0.4, 0.5) is 0 Å². The van der Waals surface area contributed by atoms with Gasteiger partial charge in [-0.3, -0.25) is 9.59 Å². The summed E-state index contributed by atoms with van der Waals surface area (Å²) >= 11 is 0. The normalized spacial score (nSPS) is 14.2. The summed E-state index contributed by atoms with van der Waals surface area (Å²) in [6.07, 6.45) is 2.73. The van der Waals surface area contributed by atoms with Gasteiger partial charge in [0.15, 0.2) is 0 Å². The monoisotopic (exact) mass is 390 g/mol. The van der Waals surface area contributed by atoms with E-state index in [4.69, 9.17) is 9.47 Å². The predicted octanol–water partition coefficient (Wildman–Crippen LogP) is 1.36. The van der Waals surface area contributed by atoms with Crippen LogP contribution in [-0.2, 0) is 29.3 Å². The van der Waals surface area contributed by atoms with Crippen LogP contribution in [0.3, 0.4) is 0 Å². The number of esters is 2. The van der Waals surface area contributed by atoms with E-state index in [0.717, 1.165) is 8.61 Å². The van der Waals surface area contributed by atoms with Crippen molar-refractivity contribution >= 4 is 22.1 Å². The van der Waals surface area contributed by atoms with E-state index in [1.807, 2.05) is 0 Å². The standard InChI is InChI=1S/C17H30N2O6S/c1-8-11-18(14(6)16(20)25-10-3)26(22,23)19(12-9-2)15(13(4)5)17(21)24-7/h8-9,13-15H,1-2,10-12H2,3-7H3. The summed E-state index contributed by atoms with van der Waals surface area (Å²) in [5.41, 5.74) is 0. The Morgan fingerprint density at radius 1 is 1.04 bits per heavy atom. The first-order chi connectivity index (χ1) is 12.1. The molecule has 150 valence electrons. The molecule has 2 unspecified atom stereocenters. The number of carbonyl (C=O) groups is 2. The molecule has 0 aliphatic rings. The van der Waals surface area contributed by atoms with Crippen LogP contribution in [0.5, 0.6) is 0 Å². The van der Waals surface area contributed by atoms with Gasteiger partial charge in [-0.15, -0.1) is 13.2 Å². The molecule has 0 heterocycles. The zero-order chi connectivity index (χ0) is 20.5. The third-order valence-electron chi connectivity index (χ3n) is 3.65. The maximum atomic E-state index is 13.3. The van der Waals surface area contributed by atoms with E-state index in [1.54, 1.807) is 20.8 Å². The first-order valence-corrected chi connectivity index (χ1v) is 9.74. The molecule has 0 saturated carbocycles. The van der Waals surface area contributed by atoms with E-state index in [-0.39, 0.29) is 25.6 Å². The minimum atomic E-state index is -4.23. The largest absolute Gasteiger partial charge is 0.468 e. The Hall–Kier alpha value is -1.71. The van der Waals surface area contributed by atoms with Gasteiger partial charge in [0.2, 0.25) is 0 Å². The van der Waals surface area contributed by atoms with E-state index in [1.165, 1.54) is 26.2 Å². The third kappa shape index (κ3) is 5.93. The number of methoxy groups -OCH3 is 1. The summed E-state index contributed by atoms with van der Waals surface area (Å²) in [5.74, 6) is -1.73. The highest BCUT2D eigenvalue weighted by Crippen LogP contribution is 2.22. The van der Waals surface area contributed by atoms with Gasteiger partial charge in [-0.1, -0.05) is 26.0 Å². The summed E-state index contributed by atoms with van der Waals surface area (Å²) in [5, 5.41) is 0. The molecule has 0 spiro atoms. The van der Waals surface area contributed by atoms with Crippen molar-refractivity contribution in [3.8, 4) is 0 Å². The van der Waals surface area contributed by atoms with Crippen LogP contribution in [0.1, 0.15) is 27.7 Å². The van der Waals surface area contributed by atoms with Gasteiger partial charge in [0, 0.05) is 13.1 Å². The summed E-state index contributed by atoms with van der Waals surface area (Å²) < 4.78 is 38.2. The Balaban J connectivity index is 6.14. The first-order valence-electron chi connectivity index (χ1n) is 8.34. The molecule has 0 aromatic rings. The summed E-state index contributed by atoms with van der Waals surface area (Å²) in [7, 11) is -3.03. The predicted molar refractivity (Wildman–Crippen MR) is 99.5 cm³/mol. The summed E-state index contributed by atoms with van der Waals surface area (Å²) in [4.78, 5) is 24.3. The maximum absolute atomic E-state index is 13.3. The molecule has 0 saturated heterocycles. The highest BCUT2D eigenvalue weighted by atomic mass is 32.2. The topological polar surface area (TPSA) is 93.2 Å². The highest BCUT2D eigenvalue weighted by molar-refractivity contribution is 7.86. The molecule has 0 bridgehead atoms. The zero-order valence-electron chi connectivity index (χ0n) is 16.2. The van der Waals surface area contributed by atoms with Crippen molar-refractivity contribution < 1.29 is 27.5 Å². The summed E-state index contributed by atoms with van der Waals surface area (Å²) in [6.45, 7) is 13.5. The molecule has 0 aromatic heterocycles. The van der Waals surface area contributed by atoms with Crippen LogP contribution in [-0.4, -0.2) is 67.9 Å². The van der Waals surface area contributed by atoms with Gasteiger partial charge in [-0.05, 0) is 19.8 Å². The highest BCUT2D eigenvalue weighted by Gasteiger charge is 2.42. The number of ether oxygens (including phenoxy) is 2. The van der Waals surface area contributed by atoms with Crippen molar-refractivity contribution in [2.75, 3.05) is 26.8 Å². The molecule has 0 amide bonds. The quantitative estimate of drug-likeness (QED) is 0.369. The summed E-state index contributed by atoms with van der Waals surface area (Å²) in [6, 6.07) is -2.15. The zero-order valence-corrected chi connectivity index (χ0v) is 17.0. The lowest BCUT2D eigenvalue weighted by Crippen LogP contribution is -2.56. The van der Waals surface area contributed by atoms with E-state index < -0.39 is 34.2 Å². The lowest BCUT2D eigenvalue weighted by Gasteiger charge is -2.36. The van der Waals surface area contributed by atoms with Crippen molar-refractivity contribution in [3.05, 3.63) is 25.3 Å². The number of rotatable bonds is 12. The van der Waals surface area contributed by atoms with Crippen molar-refractivity contribution in [2.45, 2.75) is 39.8 Å². The van der Waals surface area contributed by atoms with Crippen molar-refractivity contribution in [1.29, 1.82) is 0 Å². The number of hydrogen-bond donors (Lipinski definition) is 0. The molecule has 0 radical (unpaired) electrons. The minimum absolute atomic E-state index is 0.122. The minimum Gasteiger partial charge on any atom is -0.468 e. The average molecular weight is 391 g/mol. The molecule has 8 nitrogen and oxygen atoms in total. The number of carbonyl (C=O) groups excluding carboxylic acids is 2. The molecule has 0 aliphatic heterocycles. The van der Waals surface area contributed by atoms with Gasteiger partial charge in [0.05, 0.1) is 13.7 Å². The van der Waals surface area contributed by atoms with Crippen LogP contribution >= 0.6 is 0 Å². The maximum Gasteiger partial charge on any atom is 0.324 e. The van der Waals surface area contributed by atoms with Crippen LogP contribution in [0.25, 0.3) is 0 Å². The Morgan fingerprint density at radius 3 is 1.92 bits per heavy atom. The first kappa shape index (κ1) is 24.3. The molecular weight excluding hydrogens is 360 g/mol. The second-order valence-corrected chi connectivity index (χ2v) is 7.70. The Morgan fingerprint density at radius 2 is 1.54 bits per heavy atom. The Bertz CT molecular complexity index is 602. The Labute approximate surface area is 156 Å². The smallest absolute Gasteiger partial charge is 0.324 e. The van der Waals surface area contributed by atoms with Gasteiger partial charge in [0.1, 0.15) is 12.1 Å². The van der Waals surface area contributed by atoms with E-state index >= 15 is 0 Å². The second kappa shape index (κ2) is 11.1. The molecular formula is C17H30N2O6S. The number of nitrogens with zero attached hydrogens (tertiary/aromatic N) is 2. The van der Waals surface area contributed by atoms with E-state index in [9.17, 15) is 18.0 Å². The molecule has 26 heavy (non-hydrogen) atoms. The van der Waals surface area contributed by atoms with Gasteiger partial charge < -0.3 is 9.47 Å². The van der Waals surface area contributed by atoms with Crippen LogP contribution < -0.4 is 0 Å². The molecule has 9 heteroatoms.